The quantitative estimate of drug-likeness (QED) is 0.260. The number of halogens is 1. The summed E-state index contributed by atoms with van der Waals surface area (Å²) in [6, 6.07) is 14.5. The number of rotatable bonds is 8. The maximum atomic E-state index is 16.6. The highest BCUT2D eigenvalue weighted by molar-refractivity contribution is 6.05. The van der Waals surface area contributed by atoms with Crippen LogP contribution in [0.15, 0.2) is 78.0 Å². The minimum atomic E-state index is -0.487. The van der Waals surface area contributed by atoms with Crippen LogP contribution in [0.2, 0.25) is 0 Å². The van der Waals surface area contributed by atoms with E-state index < -0.39 is 5.82 Å². The molecule has 2 N–H and O–H groups in total. The van der Waals surface area contributed by atoms with Crippen LogP contribution < -0.4 is 15.2 Å². The van der Waals surface area contributed by atoms with Gasteiger partial charge in [-0.05, 0) is 47.9 Å². The molecule has 2 aromatic carbocycles. The number of fused-ring (bicyclic) bond motifs is 1. The fourth-order valence-electron chi connectivity index (χ4n) is 6.55. The van der Waals surface area contributed by atoms with Gasteiger partial charge in [-0.2, -0.15) is 0 Å². The van der Waals surface area contributed by atoms with Crippen LogP contribution in [0.3, 0.4) is 0 Å². The van der Waals surface area contributed by atoms with Crippen LogP contribution in [0.25, 0.3) is 27.6 Å². The minimum absolute atomic E-state index is 0.0488. The number of para-hydroxylation sites is 1. The van der Waals surface area contributed by atoms with Crippen LogP contribution in [-0.2, 0) is 11.3 Å². The lowest BCUT2D eigenvalue weighted by Crippen LogP contribution is -2.50. The van der Waals surface area contributed by atoms with Gasteiger partial charge in [-0.1, -0.05) is 29.5 Å². The summed E-state index contributed by atoms with van der Waals surface area (Å²) in [6.07, 6.45) is 7.68. The maximum absolute atomic E-state index is 16.6. The van der Waals surface area contributed by atoms with Gasteiger partial charge in [-0.15, -0.1) is 5.10 Å². The van der Waals surface area contributed by atoms with Gasteiger partial charge in [0.25, 0.3) is 11.5 Å². The highest BCUT2D eigenvalue weighted by Gasteiger charge is 2.28. The van der Waals surface area contributed by atoms with E-state index >= 15 is 4.39 Å². The monoisotopic (exact) mass is 650 g/mol. The summed E-state index contributed by atoms with van der Waals surface area (Å²) in [7, 11) is 1.59. The van der Waals surface area contributed by atoms with Gasteiger partial charge in [0.2, 0.25) is 5.91 Å². The van der Waals surface area contributed by atoms with Crippen molar-refractivity contribution in [3.8, 4) is 16.9 Å². The van der Waals surface area contributed by atoms with E-state index in [0.717, 1.165) is 5.56 Å². The van der Waals surface area contributed by atoms with Crippen molar-refractivity contribution < 1.29 is 18.7 Å². The zero-order chi connectivity index (χ0) is 33.2. The number of carbonyl (C=O) groups is 2. The molecular weight excluding hydrogens is 615 g/mol. The van der Waals surface area contributed by atoms with Crippen molar-refractivity contribution in [2.75, 3.05) is 51.3 Å². The number of methoxy groups -OCH3 is 1. The second-order valence-corrected chi connectivity index (χ2v) is 11.9. The molecule has 2 aliphatic heterocycles. The number of H-pyrrole nitrogens is 2. The van der Waals surface area contributed by atoms with Crippen molar-refractivity contribution in [3.05, 3.63) is 101 Å². The van der Waals surface area contributed by atoms with Crippen molar-refractivity contribution in [2.45, 2.75) is 19.4 Å². The van der Waals surface area contributed by atoms with Crippen LogP contribution in [-0.4, -0.2) is 93.0 Å². The number of aromatic nitrogens is 5. The van der Waals surface area contributed by atoms with E-state index in [-0.39, 0.29) is 41.5 Å². The Hall–Kier alpha value is -5.72. The first-order valence-corrected chi connectivity index (χ1v) is 15.9. The molecule has 0 saturated carbocycles. The lowest BCUT2D eigenvalue weighted by molar-refractivity contribution is -0.131. The summed E-state index contributed by atoms with van der Waals surface area (Å²) in [5.41, 5.74) is 3.39. The summed E-state index contributed by atoms with van der Waals surface area (Å²) >= 11 is 0. The Balaban J connectivity index is 1.20. The van der Waals surface area contributed by atoms with E-state index in [0.29, 0.717) is 79.2 Å². The predicted octanol–water partition coefficient (Wildman–Crippen LogP) is 3.93. The molecule has 0 unspecified atom stereocenters. The first-order chi connectivity index (χ1) is 23.4. The van der Waals surface area contributed by atoms with Crippen LogP contribution in [0.4, 0.5) is 10.1 Å². The lowest BCUT2D eigenvalue weighted by Gasteiger charge is -2.35. The van der Waals surface area contributed by atoms with Crippen LogP contribution in [0.1, 0.15) is 28.9 Å². The van der Waals surface area contributed by atoms with Crippen molar-refractivity contribution in [2.24, 2.45) is 0 Å². The third kappa shape index (κ3) is 5.94. The Kier molecular flexibility index (Phi) is 8.49. The molecule has 0 aliphatic carbocycles. The highest BCUT2D eigenvalue weighted by atomic mass is 19.1. The van der Waals surface area contributed by atoms with Gasteiger partial charge in [-0.3, -0.25) is 19.1 Å². The van der Waals surface area contributed by atoms with Gasteiger partial charge in [0.1, 0.15) is 17.1 Å². The summed E-state index contributed by atoms with van der Waals surface area (Å²) < 4.78 is 23.9. The largest absolute Gasteiger partial charge is 0.496 e. The third-order valence-electron chi connectivity index (χ3n) is 9.06. The molecule has 0 radical (unpaired) electrons. The summed E-state index contributed by atoms with van der Waals surface area (Å²) in [6.45, 7) is 3.00. The van der Waals surface area contributed by atoms with Gasteiger partial charge in [0.05, 0.1) is 25.4 Å². The molecule has 13 heteroatoms. The molecule has 48 heavy (non-hydrogen) atoms. The SMILES string of the molecule is COc1ccccc1-c1cc(C2=CCCN(C(=O)CCn3ccnn3)C2)c(F)c2[nH]c(C(=O)N3CCN(c4ccc[nH]c4=O)CC3)cc12. The number of benzene rings is 2. The van der Waals surface area contributed by atoms with E-state index in [1.54, 1.807) is 64.4 Å². The number of aryl methyl sites for hydroxylation is 1. The van der Waals surface area contributed by atoms with E-state index in [2.05, 4.69) is 20.3 Å². The molecule has 5 aromatic rings. The standard InChI is InChI=1S/C35H35FN8O4/c1-48-30-9-3-2-7-24(30)26-20-25(23-6-5-13-43(22-23)31(45)10-14-44-15-12-38-40-44)32(36)33-27(26)21-28(39-33)35(47)42-18-16-41(17-19-42)29-8-4-11-37-34(29)46/h2-4,6-9,11-12,15,20-21,39H,5,10,13-14,16-19,22H2,1H3,(H,37,46). The molecule has 1 fully saturated rings. The van der Waals surface area contributed by atoms with Gasteiger partial charge in [0, 0.05) is 74.6 Å². The number of nitrogens with zero attached hydrogens (tertiary/aromatic N) is 6. The predicted molar refractivity (Wildman–Crippen MR) is 179 cm³/mol. The highest BCUT2D eigenvalue weighted by Crippen LogP contribution is 2.40. The lowest BCUT2D eigenvalue weighted by atomic mass is 9.93. The molecule has 7 rings (SSSR count). The number of nitrogens with one attached hydrogen (secondary N) is 2. The van der Waals surface area contributed by atoms with Gasteiger partial charge >= 0.3 is 0 Å². The van der Waals surface area contributed by atoms with Crippen molar-refractivity contribution in [1.29, 1.82) is 0 Å². The summed E-state index contributed by atoms with van der Waals surface area (Å²) in [5, 5.41) is 8.27. The number of ether oxygens (including phenoxy) is 1. The van der Waals surface area contributed by atoms with Crippen LogP contribution in [0.5, 0.6) is 5.75 Å². The number of carbonyl (C=O) groups excluding carboxylic acids is 2. The van der Waals surface area contributed by atoms with E-state index in [9.17, 15) is 14.4 Å². The molecule has 3 aromatic heterocycles. The molecule has 0 bridgehead atoms. The maximum Gasteiger partial charge on any atom is 0.271 e. The molecular formula is C35H35FN8O4. The number of hydrogen-bond donors (Lipinski definition) is 2. The molecule has 0 spiro atoms. The Morgan fingerprint density at radius 3 is 2.58 bits per heavy atom. The topological polar surface area (TPSA) is 132 Å². The minimum Gasteiger partial charge on any atom is -0.496 e. The fraction of sp³-hybridized carbons (Fsp3) is 0.286. The average Bonchev–Trinajstić information content (AvgIpc) is 3.82. The first kappa shape index (κ1) is 30.9. The Labute approximate surface area is 275 Å². The van der Waals surface area contributed by atoms with Gasteiger partial charge in [-0.25, -0.2) is 4.39 Å². The summed E-state index contributed by atoms with van der Waals surface area (Å²) in [4.78, 5) is 50.5. The second-order valence-electron chi connectivity index (χ2n) is 11.9. The third-order valence-corrected chi connectivity index (χ3v) is 9.06. The Morgan fingerprint density at radius 2 is 1.81 bits per heavy atom. The number of pyridine rings is 1. The van der Waals surface area contributed by atoms with Crippen molar-refractivity contribution >= 4 is 34.0 Å². The zero-order valence-corrected chi connectivity index (χ0v) is 26.5. The van der Waals surface area contributed by atoms with Crippen LogP contribution >= 0.6 is 0 Å². The molecule has 1 saturated heterocycles. The van der Waals surface area contributed by atoms with Gasteiger partial charge < -0.3 is 29.4 Å². The Morgan fingerprint density at radius 1 is 0.979 bits per heavy atom. The second kappa shape index (κ2) is 13.2. The molecule has 5 heterocycles. The van der Waals surface area contributed by atoms with Crippen molar-refractivity contribution in [1.82, 2.24) is 34.8 Å². The molecule has 0 atom stereocenters. The molecule has 2 aliphatic rings. The first-order valence-electron chi connectivity index (χ1n) is 15.9. The Bertz CT molecular complexity index is 2060. The van der Waals surface area contributed by atoms with E-state index in [1.165, 1.54) is 0 Å². The zero-order valence-electron chi connectivity index (χ0n) is 26.5. The average molecular weight is 651 g/mol. The van der Waals surface area contributed by atoms with Gasteiger partial charge in [0.15, 0.2) is 5.82 Å². The molecule has 246 valence electrons. The normalized spacial score (nSPS) is 15.1. The number of aromatic amines is 2. The molecule has 2 amide bonds. The fourth-order valence-corrected chi connectivity index (χ4v) is 6.55. The van der Waals surface area contributed by atoms with Crippen LogP contribution in [0, 0.1) is 5.82 Å². The smallest absolute Gasteiger partial charge is 0.271 e. The van der Waals surface area contributed by atoms with Crippen molar-refractivity contribution in [3.63, 3.8) is 0 Å². The summed E-state index contributed by atoms with van der Waals surface area (Å²) in [5.74, 6) is -0.174. The number of anilines is 1. The number of piperazine rings is 1. The van der Waals surface area contributed by atoms with E-state index in [1.807, 2.05) is 35.2 Å². The molecule has 12 nitrogen and oxygen atoms in total. The van der Waals surface area contributed by atoms with E-state index in [4.69, 9.17) is 4.74 Å². The number of amides is 2. The number of hydrogen-bond acceptors (Lipinski definition) is 7.